The van der Waals surface area contributed by atoms with Crippen molar-refractivity contribution in [2.75, 3.05) is 19.8 Å². The Morgan fingerprint density at radius 2 is 2.60 bits per heavy atom. The summed E-state index contributed by atoms with van der Waals surface area (Å²) in [5.41, 5.74) is 0. The SMILES string of the molecule is C#CCOC[C@@H]1CCCN1. The normalized spacial score (nSPS) is 24.5. The van der Waals surface area contributed by atoms with Gasteiger partial charge in [0.1, 0.15) is 6.61 Å². The fourth-order valence-electron chi connectivity index (χ4n) is 1.16. The highest BCUT2D eigenvalue weighted by Crippen LogP contribution is 2.04. The number of ether oxygens (including phenoxy) is 1. The maximum absolute atomic E-state index is 5.17. The van der Waals surface area contributed by atoms with Gasteiger partial charge in [0.15, 0.2) is 0 Å². The number of terminal acetylenes is 1. The second kappa shape index (κ2) is 4.32. The van der Waals surface area contributed by atoms with Crippen LogP contribution in [0.4, 0.5) is 0 Å². The summed E-state index contributed by atoms with van der Waals surface area (Å²) < 4.78 is 5.17. The van der Waals surface area contributed by atoms with Gasteiger partial charge in [-0.15, -0.1) is 6.42 Å². The second-order valence-corrected chi connectivity index (χ2v) is 2.51. The van der Waals surface area contributed by atoms with E-state index in [1.54, 1.807) is 0 Å². The van der Waals surface area contributed by atoms with Crippen molar-refractivity contribution in [2.24, 2.45) is 0 Å². The molecule has 56 valence electrons. The van der Waals surface area contributed by atoms with E-state index in [-0.39, 0.29) is 0 Å². The van der Waals surface area contributed by atoms with Gasteiger partial charge in [-0.2, -0.15) is 0 Å². The molecule has 1 saturated heterocycles. The Bertz CT molecular complexity index is 122. The molecule has 0 bridgehead atoms. The van der Waals surface area contributed by atoms with Crippen LogP contribution >= 0.6 is 0 Å². The highest BCUT2D eigenvalue weighted by molar-refractivity contribution is 4.83. The number of nitrogens with one attached hydrogen (secondary N) is 1. The molecule has 2 heteroatoms. The minimum absolute atomic E-state index is 0.443. The van der Waals surface area contributed by atoms with E-state index in [0.29, 0.717) is 12.6 Å². The van der Waals surface area contributed by atoms with Gasteiger partial charge in [-0.1, -0.05) is 5.92 Å². The zero-order valence-electron chi connectivity index (χ0n) is 6.10. The second-order valence-electron chi connectivity index (χ2n) is 2.51. The molecule has 0 aromatic heterocycles. The summed E-state index contributed by atoms with van der Waals surface area (Å²) in [6.07, 6.45) is 7.51. The lowest BCUT2D eigenvalue weighted by molar-refractivity contribution is 0.146. The van der Waals surface area contributed by atoms with Gasteiger partial charge in [0.25, 0.3) is 0 Å². The van der Waals surface area contributed by atoms with Gasteiger partial charge in [0.05, 0.1) is 6.61 Å². The highest BCUT2D eigenvalue weighted by Gasteiger charge is 2.12. The van der Waals surface area contributed by atoms with Crippen LogP contribution in [-0.2, 0) is 4.74 Å². The summed E-state index contributed by atoms with van der Waals surface area (Å²) in [6.45, 7) is 2.34. The molecule has 1 heterocycles. The van der Waals surface area contributed by atoms with E-state index in [2.05, 4.69) is 11.2 Å². The molecule has 0 saturated carbocycles. The van der Waals surface area contributed by atoms with E-state index in [0.717, 1.165) is 13.2 Å². The van der Waals surface area contributed by atoms with Crippen molar-refractivity contribution in [1.29, 1.82) is 0 Å². The van der Waals surface area contributed by atoms with E-state index in [1.807, 2.05) is 0 Å². The maximum atomic E-state index is 5.17. The van der Waals surface area contributed by atoms with Gasteiger partial charge >= 0.3 is 0 Å². The van der Waals surface area contributed by atoms with Gasteiger partial charge in [-0.25, -0.2) is 0 Å². The molecule has 10 heavy (non-hydrogen) atoms. The van der Waals surface area contributed by atoms with E-state index in [1.165, 1.54) is 12.8 Å². The molecule has 1 N–H and O–H groups in total. The zero-order chi connectivity index (χ0) is 7.23. The zero-order valence-corrected chi connectivity index (χ0v) is 6.10. The van der Waals surface area contributed by atoms with E-state index >= 15 is 0 Å². The fourth-order valence-corrected chi connectivity index (χ4v) is 1.16. The maximum Gasteiger partial charge on any atom is 0.107 e. The molecular formula is C8H13NO. The van der Waals surface area contributed by atoms with Crippen molar-refractivity contribution in [2.45, 2.75) is 18.9 Å². The molecule has 0 unspecified atom stereocenters. The molecule has 1 aliphatic rings. The first kappa shape index (κ1) is 7.59. The molecule has 1 atom stereocenters. The summed E-state index contributed by atoms with van der Waals surface area (Å²) >= 11 is 0. The van der Waals surface area contributed by atoms with Gasteiger partial charge in [0.2, 0.25) is 0 Å². The average Bonchev–Trinajstić information content (AvgIpc) is 2.41. The number of rotatable bonds is 3. The molecule has 0 aliphatic carbocycles. The van der Waals surface area contributed by atoms with Crippen LogP contribution in [0.2, 0.25) is 0 Å². The number of hydrogen-bond donors (Lipinski definition) is 1. The third-order valence-electron chi connectivity index (χ3n) is 1.67. The average molecular weight is 139 g/mol. The van der Waals surface area contributed by atoms with E-state index < -0.39 is 0 Å². The smallest absolute Gasteiger partial charge is 0.107 e. The topological polar surface area (TPSA) is 21.3 Å². The van der Waals surface area contributed by atoms with Crippen LogP contribution in [0.5, 0.6) is 0 Å². The molecule has 0 spiro atoms. The molecule has 1 rings (SSSR count). The molecule has 0 radical (unpaired) electrons. The highest BCUT2D eigenvalue weighted by atomic mass is 16.5. The van der Waals surface area contributed by atoms with Gasteiger partial charge in [0, 0.05) is 6.04 Å². The largest absolute Gasteiger partial charge is 0.367 e. The lowest BCUT2D eigenvalue weighted by Crippen LogP contribution is -2.26. The van der Waals surface area contributed by atoms with Gasteiger partial charge in [-0.05, 0) is 19.4 Å². The van der Waals surface area contributed by atoms with Crippen LogP contribution in [0.15, 0.2) is 0 Å². The Hall–Kier alpha value is -0.520. The van der Waals surface area contributed by atoms with Crippen LogP contribution in [0.25, 0.3) is 0 Å². The van der Waals surface area contributed by atoms with Crippen molar-refractivity contribution < 1.29 is 4.74 Å². The Kier molecular flexibility index (Phi) is 3.28. The first-order chi connectivity index (χ1) is 4.93. The predicted octanol–water partition coefficient (Wildman–Crippen LogP) is 0.388. The lowest BCUT2D eigenvalue weighted by Gasteiger charge is -2.07. The first-order valence-electron chi connectivity index (χ1n) is 3.68. The van der Waals surface area contributed by atoms with Crippen LogP contribution < -0.4 is 5.32 Å². The Morgan fingerprint density at radius 1 is 1.70 bits per heavy atom. The van der Waals surface area contributed by atoms with Crippen LogP contribution in [-0.4, -0.2) is 25.8 Å². The van der Waals surface area contributed by atoms with Crippen LogP contribution in [0.1, 0.15) is 12.8 Å². The van der Waals surface area contributed by atoms with Crippen molar-refractivity contribution in [3.05, 3.63) is 0 Å². The predicted molar refractivity (Wildman–Crippen MR) is 40.7 cm³/mol. The Morgan fingerprint density at radius 3 is 3.20 bits per heavy atom. The first-order valence-corrected chi connectivity index (χ1v) is 3.68. The lowest BCUT2D eigenvalue weighted by atomic mass is 10.2. The summed E-state index contributed by atoms with van der Waals surface area (Å²) in [6, 6.07) is 0.549. The fraction of sp³-hybridized carbons (Fsp3) is 0.750. The summed E-state index contributed by atoms with van der Waals surface area (Å²) in [5.74, 6) is 2.44. The van der Waals surface area contributed by atoms with Gasteiger partial charge in [-0.3, -0.25) is 0 Å². The molecule has 0 amide bonds. The summed E-state index contributed by atoms with van der Waals surface area (Å²) in [7, 11) is 0. The van der Waals surface area contributed by atoms with Crippen molar-refractivity contribution in [1.82, 2.24) is 5.32 Å². The van der Waals surface area contributed by atoms with E-state index in [9.17, 15) is 0 Å². The molecular weight excluding hydrogens is 126 g/mol. The van der Waals surface area contributed by atoms with Crippen LogP contribution in [0, 0.1) is 12.3 Å². The third-order valence-corrected chi connectivity index (χ3v) is 1.67. The molecule has 1 aliphatic heterocycles. The minimum Gasteiger partial charge on any atom is -0.367 e. The van der Waals surface area contributed by atoms with Crippen molar-refractivity contribution in [3.63, 3.8) is 0 Å². The summed E-state index contributed by atoms with van der Waals surface area (Å²) in [4.78, 5) is 0. The molecule has 1 fully saturated rings. The van der Waals surface area contributed by atoms with Gasteiger partial charge < -0.3 is 10.1 Å². The number of hydrogen-bond acceptors (Lipinski definition) is 2. The molecule has 2 nitrogen and oxygen atoms in total. The van der Waals surface area contributed by atoms with Crippen LogP contribution in [0.3, 0.4) is 0 Å². The van der Waals surface area contributed by atoms with Crippen molar-refractivity contribution in [3.8, 4) is 12.3 Å². The molecule has 0 aromatic rings. The quantitative estimate of drug-likeness (QED) is 0.451. The molecule has 0 aromatic carbocycles. The summed E-state index contributed by atoms with van der Waals surface area (Å²) in [5, 5.41) is 3.32. The monoisotopic (exact) mass is 139 g/mol. The third kappa shape index (κ3) is 2.38. The van der Waals surface area contributed by atoms with Crippen molar-refractivity contribution >= 4 is 0 Å². The Labute approximate surface area is 62.0 Å². The Balaban J connectivity index is 1.97. The standard InChI is InChI=1S/C8H13NO/c1-2-6-10-7-8-4-3-5-9-8/h1,8-9H,3-7H2/t8-/m0/s1. The minimum atomic E-state index is 0.443. The van der Waals surface area contributed by atoms with E-state index in [4.69, 9.17) is 11.2 Å².